The van der Waals surface area contributed by atoms with Gasteiger partial charge >= 0.3 is 0 Å². The van der Waals surface area contributed by atoms with Gasteiger partial charge in [0.1, 0.15) is 0 Å². The molecule has 1 aliphatic heterocycles. The Morgan fingerprint density at radius 1 is 1.23 bits per heavy atom. The van der Waals surface area contributed by atoms with E-state index >= 15 is 0 Å². The number of amides is 1. The molecule has 1 amide bonds. The topological polar surface area (TPSA) is 46.2 Å². The van der Waals surface area contributed by atoms with Gasteiger partial charge in [-0.25, -0.2) is 0 Å². The van der Waals surface area contributed by atoms with Crippen molar-refractivity contribution in [2.75, 3.05) is 5.32 Å². The van der Waals surface area contributed by atoms with Gasteiger partial charge in [0.2, 0.25) is 11.3 Å². The van der Waals surface area contributed by atoms with Crippen LogP contribution in [-0.4, -0.2) is 5.91 Å². The molecule has 1 aromatic rings. The van der Waals surface area contributed by atoms with Crippen LogP contribution in [-0.2, 0) is 4.79 Å². The summed E-state index contributed by atoms with van der Waals surface area (Å²) in [4.78, 5) is 22.6. The van der Waals surface area contributed by atoms with Crippen LogP contribution in [0.25, 0.3) is 0 Å². The van der Waals surface area contributed by atoms with E-state index in [1.54, 1.807) is 25.1 Å². The first-order valence-electron chi connectivity index (χ1n) is 4.14. The smallest absolute Gasteiger partial charge is 0.231 e. The fourth-order valence-electron chi connectivity index (χ4n) is 1.48. The molecule has 0 saturated carbocycles. The Hall–Kier alpha value is -1.64. The maximum absolute atomic E-state index is 11.4. The summed E-state index contributed by atoms with van der Waals surface area (Å²) in [5, 5.41) is 2.58. The Morgan fingerprint density at radius 3 is 2.69 bits per heavy atom. The summed E-state index contributed by atoms with van der Waals surface area (Å²) in [6, 6.07) is 6.72. The zero-order valence-electron chi connectivity index (χ0n) is 7.20. The van der Waals surface area contributed by atoms with Crippen molar-refractivity contribution in [2.24, 2.45) is 0 Å². The molecular weight excluding hydrogens is 166 g/mol. The van der Waals surface area contributed by atoms with E-state index in [4.69, 9.17) is 0 Å². The lowest BCUT2D eigenvalue weighted by Crippen LogP contribution is -2.11. The van der Waals surface area contributed by atoms with E-state index in [2.05, 4.69) is 5.32 Å². The van der Waals surface area contributed by atoms with Crippen molar-refractivity contribution in [3.63, 3.8) is 0 Å². The predicted molar refractivity (Wildman–Crippen MR) is 49.8 cm³/mol. The van der Waals surface area contributed by atoms with Crippen LogP contribution in [0.15, 0.2) is 29.1 Å². The molecule has 0 aromatic heterocycles. The molecule has 0 spiro atoms. The number of carbonyl (C=O) groups is 1. The maximum atomic E-state index is 11.4. The summed E-state index contributed by atoms with van der Waals surface area (Å²) < 4.78 is 0. The molecule has 0 fully saturated rings. The van der Waals surface area contributed by atoms with Crippen molar-refractivity contribution in [3.05, 3.63) is 40.1 Å². The molecular formula is C10H9NO2. The Kier molecular flexibility index (Phi) is 1.65. The number of hydrogen-bond donors (Lipinski definition) is 1. The van der Waals surface area contributed by atoms with Crippen molar-refractivity contribution < 1.29 is 4.79 Å². The van der Waals surface area contributed by atoms with E-state index in [1.807, 2.05) is 0 Å². The first-order chi connectivity index (χ1) is 6.20. The van der Waals surface area contributed by atoms with Gasteiger partial charge in [-0.3, -0.25) is 9.59 Å². The minimum atomic E-state index is -0.213. The summed E-state index contributed by atoms with van der Waals surface area (Å²) in [7, 11) is 0. The fraction of sp³-hybridized carbons (Fsp3) is 0.200. The molecule has 1 N–H and O–H groups in total. The lowest BCUT2D eigenvalue weighted by molar-refractivity contribution is -0.116. The number of fused-ring (bicyclic) bond motifs is 1. The Morgan fingerprint density at radius 2 is 1.92 bits per heavy atom. The zero-order chi connectivity index (χ0) is 9.42. The molecule has 13 heavy (non-hydrogen) atoms. The van der Waals surface area contributed by atoms with E-state index in [9.17, 15) is 9.59 Å². The third-order valence-electron chi connectivity index (χ3n) is 2.28. The predicted octanol–water partition coefficient (Wildman–Crippen LogP) is 1.10. The third-order valence-corrected chi connectivity index (χ3v) is 2.28. The first kappa shape index (κ1) is 7.98. The van der Waals surface area contributed by atoms with Gasteiger partial charge in [0.05, 0.1) is 11.6 Å². The van der Waals surface area contributed by atoms with Crippen molar-refractivity contribution >= 4 is 11.6 Å². The molecule has 1 heterocycles. The van der Waals surface area contributed by atoms with Crippen LogP contribution in [0, 0.1) is 0 Å². The first-order valence-corrected chi connectivity index (χ1v) is 4.14. The molecule has 1 atom stereocenters. The molecule has 0 saturated heterocycles. The van der Waals surface area contributed by atoms with Crippen molar-refractivity contribution in [1.82, 2.24) is 0 Å². The molecule has 3 nitrogen and oxygen atoms in total. The quantitative estimate of drug-likeness (QED) is 0.641. The second-order valence-corrected chi connectivity index (χ2v) is 3.12. The molecule has 0 aliphatic carbocycles. The summed E-state index contributed by atoms with van der Waals surface area (Å²) in [6.45, 7) is 1.79. The van der Waals surface area contributed by atoms with Crippen molar-refractivity contribution in [2.45, 2.75) is 12.8 Å². The Bertz CT molecular complexity index is 426. The number of hydrogen-bond acceptors (Lipinski definition) is 2. The number of nitrogens with one attached hydrogen (secondary N) is 1. The summed E-state index contributed by atoms with van der Waals surface area (Å²) in [5.41, 5.74) is 1.10. The van der Waals surface area contributed by atoms with Crippen LogP contribution in [0.3, 0.4) is 0 Å². The zero-order valence-corrected chi connectivity index (χ0v) is 7.20. The van der Waals surface area contributed by atoms with Gasteiger partial charge in [0.15, 0.2) is 0 Å². The molecule has 2 rings (SSSR count). The highest BCUT2D eigenvalue weighted by atomic mass is 16.2. The average molecular weight is 175 g/mol. The third kappa shape index (κ3) is 1.13. The number of anilines is 1. The lowest BCUT2D eigenvalue weighted by Gasteiger charge is -1.94. The van der Waals surface area contributed by atoms with E-state index in [0.717, 1.165) is 5.56 Å². The summed E-state index contributed by atoms with van der Waals surface area (Å²) in [6.07, 6.45) is 0. The average Bonchev–Trinajstić information content (AvgIpc) is 2.30. The SMILES string of the molecule is C[C@@H]1C(=O)Nc2c1ccccc2=O. The highest BCUT2D eigenvalue weighted by Crippen LogP contribution is 2.27. The highest BCUT2D eigenvalue weighted by molar-refractivity contribution is 6.02. The van der Waals surface area contributed by atoms with Gasteiger partial charge in [0, 0.05) is 0 Å². The van der Waals surface area contributed by atoms with Crippen LogP contribution >= 0.6 is 0 Å². The van der Waals surface area contributed by atoms with Crippen LogP contribution in [0.2, 0.25) is 0 Å². The standard InChI is InChI=1S/C10H9NO2/c1-6-7-4-2-3-5-8(12)9(7)11-10(6)13/h2-6H,1H3,(H,11,13)/t6-/m0/s1. The number of carbonyl (C=O) groups excluding carboxylic acids is 1. The second-order valence-electron chi connectivity index (χ2n) is 3.12. The molecule has 1 aromatic carbocycles. The normalized spacial score (nSPS) is 19.5. The molecule has 0 bridgehead atoms. The van der Waals surface area contributed by atoms with Crippen LogP contribution in [0.4, 0.5) is 5.69 Å². The highest BCUT2D eigenvalue weighted by Gasteiger charge is 2.26. The van der Waals surface area contributed by atoms with Crippen molar-refractivity contribution in [3.8, 4) is 0 Å². The molecule has 0 unspecified atom stereocenters. The molecule has 0 radical (unpaired) electrons. The monoisotopic (exact) mass is 175 g/mol. The fourth-order valence-corrected chi connectivity index (χ4v) is 1.48. The molecule has 3 heteroatoms. The van der Waals surface area contributed by atoms with E-state index in [-0.39, 0.29) is 17.3 Å². The van der Waals surface area contributed by atoms with Gasteiger partial charge < -0.3 is 5.32 Å². The van der Waals surface area contributed by atoms with Gasteiger partial charge in [-0.1, -0.05) is 18.2 Å². The molecule has 1 aliphatic rings. The van der Waals surface area contributed by atoms with Crippen molar-refractivity contribution in [1.29, 1.82) is 0 Å². The Labute approximate surface area is 75.4 Å². The Balaban J connectivity index is 2.74. The second kappa shape index (κ2) is 2.69. The van der Waals surface area contributed by atoms with Crippen LogP contribution in [0.1, 0.15) is 18.4 Å². The lowest BCUT2D eigenvalue weighted by atomic mass is 10.1. The van der Waals surface area contributed by atoms with E-state index in [1.165, 1.54) is 6.07 Å². The minimum absolute atomic E-state index is 0.0988. The summed E-state index contributed by atoms with van der Waals surface area (Å²) in [5.74, 6) is -0.312. The van der Waals surface area contributed by atoms with E-state index in [0.29, 0.717) is 5.69 Å². The molecule has 66 valence electrons. The number of rotatable bonds is 0. The summed E-state index contributed by atoms with van der Waals surface area (Å²) >= 11 is 0. The van der Waals surface area contributed by atoms with Gasteiger partial charge in [-0.15, -0.1) is 0 Å². The maximum Gasteiger partial charge on any atom is 0.231 e. The van der Waals surface area contributed by atoms with Crippen LogP contribution in [0.5, 0.6) is 0 Å². The van der Waals surface area contributed by atoms with Crippen LogP contribution < -0.4 is 10.7 Å². The minimum Gasteiger partial charge on any atom is -0.322 e. The van der Waals surface area contributed by atoms with Gasteiger partial charge in [-0.05, 0) is 18.6 Å². The van der Waals surface area contributed by atoms with E-state index < -0.39 is 0 Å². The van der Waals surface area contributed by atoms with Gasteiger partial charge in [0.25, 0.3) is 0 Å². The van der Waals surface area contributed by atoms with Gasteiger partial charge in [-0.2, -0.15) is 0 Å². The largest absolute Gasteiger partial charge is 0.322 e.